The van der Waals surface area contributed by atoms with E-state index in [0.717, 1.165) is 29.7 Å². The van der Waals surface area contributed by atoms with Gasteiger partial charge in [0.05, 0.1) is 0 Å². The minimum Gasteiger partial charge on any atom is -0.507 e. The van der Waals surface area contributed by atoms with Crippen LogP contribution in [0.3, 0.4) is 0 Å². The van der Waals surface area contributed by atoms with Crippen LogP contribution in [0.5, 0.6) is 11.5 Å². The molecular formula is C27H38O8. The number of benzene rings is 1. The Morgan fingerprint density at radius 3 is 2.66 bits per heavy atom. The number of hydrogen-bond donors (Lipinski definition) is 5. The number of ether oxygens (including phenoxy) is 2. The van der Waals surface area contributed by atoms with E-state index in [1.165, 1.54) is 0 Å². The Bertz CT molecular complexity index is 1300. The lowest BCUT2D eigenvalue weighted by Gasteiger charge is -2.39. The fourth-order valence-corrected chi connectivity index (χ4v) is 4.57. The number of aliphatic carboxylic acids is 1. The van der Waals surface area contributed by atoms with Crippen molar-refractivity contribution < 1.29 is 52.1 Å². The van der Waals surface area contributed by atoms with Crippen molar-refractivity contribution in [3.05, 3.63) is 47.1 Å². The number of aryl methyl sites for hydroxylation is 1. The van der Waals surface area contributed by atoms with Gasteiger partial charge < -0.3 is 35.0 Å². The molecule has 2 aliphatic rings. The van der Waals surface area contributed by atoms with Crippen molar-refractivity contribution in [3.8, 4) is 11.5 Å². The van der Waals surface area contributed by atoms with Crippen LogP contribution in [-0.4, -0.2) is 62.2 Å². The number of carbonyl (C=O) groups is 1. The molecule has 35 heavy (non-hydrogen) atoms. The Kier molecular flexibility index (Phi) is 5.66. The minimum absolute atomic E-state index is 0.102. The summed E-state index contributed by atoms with van der Waals surface area (Å²) in [5, 5.41) is 51.8. The summed E-state index contributed by atoms with van der Waals surface area (Å²) in [5.41, 5.74) is 1.64. The number of phenols is 1. The minimum atomic E-state index is -3.62. The summed E-state index contributed by atoms with van der Waals surface area (Å²) in [7, 11) is 0. The van der Waals surface area contributed by atoms with Crippen molar-refractivity contribution >= 4 is 5.97 Å². The highest BCUT2D eigenvalue weighted by molar-refractivity contribution is 5.73. The highest BCUT2D eigenvalue weighted by atomic mass is 16.7. The molecule has 1 aliphatic heterocycles. The average Bonchev–Trinajstić information content (AvgIpc) is 2.87. The lowest BCUT2D eigenvalue weighted by molar-refractivity contribution is -0.271. The van der Waals surface area contributed by atoms with Crippen LogP contribution in [0.25, 0.3) is 0 Å². The first-order valence-corrected chi connectivity index (χ1v) is 11.2. The third kappa shape index (κ3) is 6.06. The molecule has 0 amide bonds. The van der Waals surface area contributed by atoms with Crippen LogP contribution in [0, 0.1) is 5.92 Å². The highest BCUT2D eigenvalue weighted by Crippen LogP contribution is 2.47. The van der Waals surface area contributed by atoms with Crippen molar-refractivity contribution in [3.63, 3.8) is 0 Å². The molecule has 5 N–H and O–H groups in total. The molecule has 8 nitrogen and oxygen atoms in total. The molecule has 8 heteroatoms. The fraction of sp³-hybridized carbons (Fsp3) is 0.593. The normalized spacial score (nSPS) is 36.4. The van der Waals surface area contributed by atoms with Gasteiger partial charge in [0.2, 0.25) is 6.29 Å². The average molecular weight is 500 g/mol. The molecule has 1 aromatic carbocycles. The number of carboxylic acid groups (broad SMARTS) is 1. The van der Waals surface area contributed by atoms with Crippen LogP contribution >= 0.6 is 0 Å². The molecule has 0 spiro atoms. The molecule has 7 atom stereocenters. The second-order valence-electron chi connectivity index (χ2n) is 9.01. The first-order chi connectivity index (χ1) is 19.9. The van der Waals surface area contributed by atoms with Gasteiger partial charge in [-0.15, -0.1) is 0 Å². The highest BCUT2D eigenvalue weighted by Gasteiger charge is 2.48. The summed E-state index contributed by atoms with van der Waals surface area (Å²) in [6.45, 7) is 4.17. The SMILES string of the molecule is [2H]C([2H])([2H])C([2H])([2H])C([2H])([2H])C([2H])([2H])Cc1cc(O)c([C@@H]2C=C(C)CC[C@H]2C(=C)C)c(OC2OC(C(=O)O)C(O)C(O)C2O)c1. The number of rotatable bonds is 9. The molecule has 0 saturated carbocycles. The van der Waals surface area contributed by atoms with Gasteiger partial charge in [0.15, 0.2) is 6.10 Å². The standard InChI is InChI=1S/C27H38O8/c1-5-6-7-8-16-12-19(28)21(18-11-15(4)9-10-17(18)14(2)3)20(13-16)34-27-24(31)22(29)23(30)25(35-27)26(32)33/h11-13,17-18,22-25,27-31H,2,5-10H2,1,3-4H3,(H,32,33)/t17-,18+,22?,23?,24?,25?,27?/m0/s1/i1D3,5D2,6D2,7D2. The Morgan fingerprint density at radius 1 is 1.26 bits per heavy atom. The zero-order valence-electron chi connectivity index (χ0n) is 28.6. The lowest BCUT2D eigenvalue weighted by atomic mass is 9.73. The van der Waals surface area contributed by atoms with E-state index in [2.05, 4.69) is 6.58 Å². The maximum Gasteiger partial charge on any atom is 0.335 e. The summed E-state index contributed by atoms with van der Waals surface area (Å²) < 4.78 is 82.3. The fourth-order valence-electron chi connectivity index (χ4n) is 4.57. The monoisotopic (exact) mass is 499 g/mol. The van der Waals surface area contributed by atoms with E-state index in [4.69, 9.17) is 21.8 Å². The van der Waals surface area contributed by atoms with Gasteiger partial charge in [-0.1, -0.05) is 43.4 Å². The molecule has 0 radical (unpaired) electrons. The Labute approximate surface area is 219 Å². The van der Waals surface area contributed by atoms with Crippen LogP contribution in [0.1, 0.15) is 82.0 Å². The second kappa shape index (κ2) is 11.6. The van der Waals surface area contributed by atoms with E-state index >= 15 is 0 Å². The van der Waals surface area contributed by atoms with Gasteiger partial charge in [-0.25, -0.2) is 4.79 Å². The van der Waals surface area contributed by atoms with Crippen molar-refractivity contribution in [1.29, 1.82) is 0 Å². The lowest BCUT2D eigenvalue weighted by Crippen LogP contribution is -2.61. The molecule has 1 aliphatic carbocycles. The first kappa shape index (κ1) is 17.1. The second-order valence-corrected chi connectivity index (χ2v) is 9.01. The number of aliphatic hydroxyl groups excluding tert-OH is 3. The number of hydrogen-bond acceptors (Lipinski definition) is 7. The van der Waals surface area contributed by atoms with Gasteiger partial charge in [-0.2, -0.15) is 0 Å². The Morgan fingerprint density at radius 2 is 2.00 bits per heavy atom. The topological polar surface area (TPSA) is 137 Å². The molecular weight excluding hydrogens is 452 g/mol. The van der Waals surface area contributed by atoms with Gasteiger partial charge >= 0.3 is 5.97 Å². The maximum absolute atomic E-state index is 11.7. The van der Waals surface area contributed by atoms with E-state index in [0.29, 0.717) is 6.42 Å². The van der Waals surface area contributed by atoms with Gasteiger partial charge in [0, 0.05) is 23.8 Å². The molecule has 1 fully saturated rings. The van der Waals surface area contributed by atoms with Crippen molar-refractivity contribution in [2.75, 3.05) is 0 Å². The largest absolute Gasteiger partial charge is 0.507 e. The van der Waals surface area contributed by atoms with Gasteiger partial charge in [0.25, 0.3) is 0 Å². The predicted molar refractivity (Wildman–Crippen MR) is 130 cm³/mol. The molecule has 1 saturated heterocycles. The number of allylic oxidation sites excluding steroid dienone is 3. The van der Waals surface area contributed by atoms with E-state index in [1.807, 2.05) is 13.0 Å². The third-order valence-corrected chi connectivity index (χ3v) is 6.39. The summed E-state index contributed by atoms with van der Waals surface area (Å²) in [4.78, 5) is 11.7. The summed E-state index contributed by atoms with van der Waals surface area (Å²) in [6.07, 6.45) is -18.0. The summed E-state index contributed by atoms with van der Waals surface area (Å²) in [5.74, 6) is -3.24. The van der Waals surface area contributed by atoms with Crippen molar-refractivity contribution in [2.24, 2.45) is 5.92 Å². The molecule has 5 unspecified atom stereocenters. The predicted octanol–water partition coefficient (Wildman–Crippen LogP) is 3.41. The van der Waals surface area contributed by atoms with Crippen LogP contribution in [0.4, 0.5) is 0 Å². The Hall–Kier alpha value is -2.39. The van der Waals surface area contributed by atoms with E-state index in [-0.39, 0.29) is 22.8 Å². The summed E-state index contributed by atoms with van der Waals surface area (Å²) in [6, 6.07) is 2.26. The molecule has 194 valence electrons. The van der Waals surface area contributed by atoms with Crippen LogP contribution in [0.15, 0.2) is 35.9 Å². The number of aliphatic hydroxyl groups is 3. The molecule has 1 aromatic rings. The first-order valence-electron chi connectivity index (χ1n) is 15.7. The van der Waals surface area contributed by atoms with Gasteiger partial charge in [-0.05, 0) is 63.1 Å². The number of carboxylic acids is 1. The maximum atomic E-state index is 11.7. The Balaban J connectivity index is 2.17. The zero-order chi connectivity index (χ0) is 33.7. The number of phenolic OH excluding ortho intramolecular Hbond substituents is 1. The van der Waals surface area contributed by atoms with Gasteiger partial charge in [-0.3, -0.25) is 0 Å². The molecule has 0 bridgehead atoms. The quantitative estimate of drug-likeness (QED) is 0.326. The molecule has 1 heterocycles. The van der Waals surface area contributed by atoms with Gasteiger partial charge in [0.1, 0.15) is 29.8 Å². The third-order valence-electron chi connectivity index (χ3n) is 6.39. The van der Waals surface area contributed by atoms with Crippen LogP contribution in [-0.2, 0) is 16.0 Å². The number of aromatic hydroxyl groups is 1. The summed E-state index contributed by atoms with van der Waals surface area (Å²) >= 11 is 0. The molecule has 3 rings (SSSR count). The van der Waals surface area contributed by atoms with E-state index in [1.54, 1.807) is 6.92 Å². The molecule has 0 aromatic heterocycles. The van der Waals surface area contributed by atoms with E-state index in [9.17, 15) is 30.3 Å². The van der Waals surface area contributed by atoms with Crippen LogP contribution < -0.4 is 4.74 Å². The smallest absolute Gasteiger partial charge is 0.335 e. The van der Waals surface area contributed by atoms with E-state index < -0.39 is 80.7 Å². The van der Waals surface area contributed by atoms with Crippen molar-refractivity contribution in [2.45, 2.75) is 95.7 Å². The zero-order valence-corrected chi connectivity index (χ0v) is 19.6. The van der Waals surface area contributed by atoms with Crippen molar-refractivity contribution in [1.82, 2.24) is 0 Å². The van der Waals surface area contributed by atoms with Crippen LogP contribution in [0.2, 0.25) is 0 Å².